The van der Waals surface area contributed by atoms with E-state index < -0.39 is 17.6 Å². The van der Waals surface area contributed by atoms with Crippen LogP contribution in [0.15, 0.2) is 36.7 Å². The second kappa shape index (κ2) is 8.81. The number of carbonyl (C=O) groups is 1. The molecule has 0 spiro atoms. The first kappa shape index (κ1) is 22.7. The van der Waals surface area contributed by atoms with Gasteiger partial charge in [-0.05, 0) is 35.2 Å². The second-order valence-corrected chi connectivity index (χ2v) is 7.85. The Kier molecular flexibility index (Phi) is 6.07. The third-order valence-electron chi connectivity index (χ3n) is 5.56. The Morgan fingerprint density at radius 1 is 1.27 bits per heavy atom. The van der Waals surface area contributed by atoms with Crippen molar-refractivity contribution in [3.8, 4) is 5.88 Å². The van der Waals surface area contributed by atoms with Crippen LogP contribution >= 0.6 is 0 Å². The highest BCUT2D eigenvalue weighted by Gasteiger charge is 2.40. The number of amides is 1. The molecule has 1 aliphatic rings. The van der Waals surface area contributed by atoms with Crippen LogP contribution in [0.5, 0.6) is 5.88 Å². The number of alkyl halides is 3. The van der Waals surface area contributed by atoms with Crippen LogP contribution in [-0.2, 0) is 26.2 Å². The third-order valence-corrected chi connectivity index (χ3v) is 5.56. The lowest BCUT2D eigenvalue weighted by Crippen LogP contribution is -2.25. The number of anilines is 1. The molecule has 1 atom stereocenters. The van der Waals surface area contributed by atoms with Crippen molar-refractivity contribution >= 4 is 11.7 Å². The highest BCUT2D eigenvalue weighted by molar-refractivity contribution is 6.09. The number of carbonyl (C=O) groups excluding carboxylic acids is 1. The Balaban J connectivity index is 1.70. The van der Waals surface area contributed by atoms with Crippen LogP contribution in [0.25, 0.3) is 0 Å². The molecule has 0 radical (unpaired) electrons. The zero-order chi connectivity index (χ0) is 23.8. The topological polar surface area (TPSA) is 93.4 Å². The van der Waals surface area contributed by atoms with Gasteiger partial charge in [-0.2, -0.15) is 18.2 Å². The van der Waals surface area contributed by atoms with Crippen molar-refractivity contribution in [1.82, 2.24) is 19.7 Å². The normalized spacial score (nSPS) is 14.5. The molecule has 1 amide bonds. The maximum Gasteiger partial charge on any atom is 0.416 e. The molecular weight excluding hydrogens is 439 g/mol. The minimum Gasteiger partial charge on any atom is -0.475 e. The van der Waals surface area contributed by atoms with E-state index in [1.807, 2.05) is 14.0 Å². The molecule has 33 heavy (non-hydrogen) atoms. The maximum atomic E-state index is 13.5. The molecule has 1 aromatic carbocycles. The van der Waals surface area contributed by atoms with Gasteiger partial charge in [0.05, 0.1) is 18.7 Å². The number of aliphatic hydroxyl groups excluding tert-OH is 1. The number of hydrogen-bond donors (Lipinski definition) is 1. The minimum atomic E-state index is -4.57. The van der Waals surface area contributed by atoms with Crippen molar-refractivity contribution in [3.63, 3.8) is 0 Å². The number of hydrogen-bond acceptors (Lipinski definition) is 6. The molecule has 8 nitrogen and oxygen atoms in total. The molecule has 0 aliphatic carbocycles. The van der Waals surface area contributed by atoms with E-state index in [2.05, 4.69) is 15.2 Å². The number of benzene rings is 1. The molecule has 0 saturated heterocycles. The fraction of sp³-hybridized carbons (Fsp3) is 0.364. The van der Waals surface area contributed by atoms with E-state index in [1.165, 1.54) is 17.0 Å². The summed E-state index contributed by atoms with van der Waals surface area (Å²) in [6.45, 7) is 1.45. The molecule has 3 aromatic rings. The molecule has 3 heterocycles. The van der Waals surface area contributed by atoms with Crippen molar-refractivity contribution in [1.29, 1.82) is 0 Å². The van der Waals surface area contributed by atoms with Gasteiger partial charge in [0.1, 0.15) is 24.6 Å². The van der Waals surface area contributed by atoms with Crippen molar-refractivity contribution in [2.24, 2.45) is 7.05 Å². The van der Waals surface area contributed by atoms with Gasteiger partial charge in [0.15, 0.2) is 0 Å². The standard InChI is InChI=1S/C22H22F3N5O3/c1-13(8-19-28-26-12-29(19)2)14-9-18(27-20(10-14)33-7-6-31)30-11-16-15(21(30)32)4-3-5-17(16)22(23,24)25/h3-5,9-10,12-13,31H,6-8,11H2,1-2H3/t13-/m1/s1. The van der Waals surface area contributed by atoms with Crippen LogP contribution in [0, 0.1) is 0 Å². The van der Waals surface area contributed by atoms with E-state index in [0.717, 1.165) is 17.5 Å². The molecule has 174 valence electrons. The van der Waals surface area contributed by atoms with E-state index >= 15 is 0 Å². The van der Waals surface area contributed by atoms with Gasteiger partial charge < -0.3 is 14.4 Å². The summed E-state index contributed by atoms with van der Waals surface area (Å²) in [5.74, 6) is 0.450. The number of fused-ring (bicyclic) bond motifs is 1. The first-order chi connectivity index (χ1) is 15.7. The lowest BCUT2D eigenvalue weighted by atomic mass is 9.98. The van der Waals surface area contributed by atoms with E-state index in [0.29, 0.717) is 6.42 Å². The molecule has 1 aliphatic heterocycles. The first-order valence-corrected chi connectivity index (χ1v) is 10.3. The highest BCUT2D eigenvalue weighted by atomic mass is 19.4. The van der Waals surface area contributed by atoms with E-state index in [1.54, 1.807) is 23.0 Å². The highest BCUT2D eigenvalue weighted by Crippen LogP contribution is 2.39. The van der Waals surface area contributed by atoms with Gasteiger partial charge in [0, 0.05) is 25.1 Å². The Morgan fingerprint density at radius 2 is 2.06 bits per heavy atom. The number of nitrogens with zero attached hydrogens (tertiary/aromatic N) is 5. The third kappa shape index (κ3) is 4.54. The quantitative estimate of drug-likeness (QED) is 0.581. The van der Waals surface area contributed by atoms with Crippen molar-refractivity contribution in [3.05, 3.63) is 64.7 Å². The predicted octanol–water partition coefficient (Wildman–Crippen LogP) is 3.11. The zero-order valence-electron chi connectivity index (χ0n) is 18.0. The van der Waals surface area contributed by atoms with Crippen molar-refractivity contribution < 1.29 is 27.8 Å². The number of halogens is 3. The van der Waals surface area contributed by atoms with Gasteiger partial charge in [-0.25, -0.2) is 0 Å². The van der Waals surface area contributed by atoms with Gasteiger partial charge in [-0.3, -0.25) is 9.69 Å². The van der Waals surface area contributed by atoms with Gasteiger partial charge in [0.25, 0.3) is 5.91 Å². The van der Waals surface area contributed by atoms with E-state index in [4.69, 9.17) is 9.84 Å². The fourth-order valence-corrected chi connectivity index (χ4v) is 3.82. The zero-order valence-corrected chi connectivity index (χ0v) is 18.0. The van der Waals surface area contributed by atoms with Crippen molar-refractivity contribution in [2.75, 3.05) is 18.1 Å². The van der Waals surface area contributed by atoms with Crippen LogP contribution in [0.3, 0.4) is 0 Å². The molecule has 4 rings (SSSR count). The average molecular weight is 461 g/mol. The summed E-state index contributed by atoms with van der Waals surface area (Å²) >= 11 is 0. The van der Waals surface area contributed by atoms with Gasteiger partial charge >= 0.3 is 6.18 Å². The number of rotatable bonds is 7. The maximum absolute atomic E-state index is 13.5. The molecule has 0 saturated carbocycles. The SMILES string of the molecule is C[C@H](Cc1nncn1C)c1cc(OCCO)nc(N2Cc3c(cccc3C(F)(F)F)C2=O)c1. The van der Waals surface area contributed by atoms with E-state index in [9.17, 15) is 18.0 Å². The molecule has 0 unspecified atom stereocenters. The number of aromatic nitrogens is 4. The Hall–Kier alpha value is -3.47. The largest absolute Gasteiger partial charge is 0.475 e. The monoisotopic (exact) mass is 461 g/mol. The smallest absolute Gasteiger partial charge is 0.416 e. The van der Waals surface area contributed by atoms with Crippen LogP contribution in [-0.4, -0.2) is 44.0 Å². The Labute approximate surface area is 187 Å². The van der Waals surface area contributed by atoms with Crippen LogP contribution in [0.1, 0.15) is 45.7 Å². The number of pyridine rings is 1. The van der Waals surface area contributed by atoms with Crippen LogP contribution in [0.2, 0.25) is 0 Å². The molecule has 0 fully saturated rings. The summed E-state index contributed by atoms with van der Waals surface area (Å²) in [6, 6.07) is 6.94. The van der Waals surface area contributed by atoms with Crippen molar-refractivity contribution in [2.45, 2.75) is 32.0 Å². The second-order valence-electron chi connectivity index (χ2n) is 7.85. The van der Waals surface area contributed by atoms with Crippen LogP contribution < -0.4 is 9.64 Å². The number of aliphatic hydroxyl groups is 1. The lowest BCUT2D eigenvalue weighted by molar-refractivity contribution is -0.138. The molecule has 1 N–H and O–H groups in total. The van der Waals surface area contributed by atoms with Gasteiger partial charge in [0.2, 0.25) is 5.88 Å². The first-order valence-electron chi connectivity index (χ1n) is 10.3. The number of aryl methyl sites for hydroxylation is 1. The summed E-state index contributed by atoms with van der Waals surface area (Å²) in [5.41, 5.74) is -0.149. The average Bonchev–Trinajstić information content (AvgIpc) is 3.34. The Bertz CT molecular complexity index is 1180. The Morgan fingerprint density at radius 3 is 2.73 bits per heavy atom. The molecule has 0 bridgehead atoms. The molecular formula is C22H22F3N5O3. The minimum absolute atomic E-state index is 0.00184. The summed E-state index contributed by atoms with van der Waals surface area (Å²) in [5, 5.41) is 17.1. The summed E-state index contributed by atoms with van der Waals surface area (Å²) in [7, 11) is 1.83. The lowest BCUT2D eigenvalue weighted by Gasteiger charge is -2.20. The summed E-state index contributed by atoms with van der Waals surface area (Å²) in [4.78, 5) is 18.5. The van der Waals surface area contributed by atoms with Gasteiger partial charge in [-0.1, -0.05) is 13.0 Å². The summed E-state index contributed by atoms with van der Waals surface area (Å²) in [6.07, 6.45) is -2.45. The van der Waals surface area contributed by atoms with Gasteiger partial charge in [-0.15, -0.1) is 10.2 Å². The van der Waals surface area contributed by atoms with E-state index in [-0.39, 0.29) is 48.5 Å². The fourth-order valence-electron chi connectivity index (χ4n) is 3.82. The van der Waals surface area contributed by atoms with Crippen LogP contribution in [0.4, 0.5) is 19.0 Å². The number of ether oxygens (including phenoxy) is 1. The summed E-state index contributed by atoms with van der Waals surface area (Å²) < 4.78 is 47.7. The molecule has 11 heteroatoms. The predicted molar refractivity (Wildman–Crippen MR) is 112 cm³/mol. The molecule has 2 aromatic heterocycles.